The quantitative estimate of drug-likeness (QED) is 0.803. The predicted molar refractivity (Wildman–Crippen MR) is 81.5 cm³/mol. The van der Waals surface area contributed by atoms with Gasteiger partial charge in [0.2, 0.25) is 5.91 Å². The molecule has 2 amide bonds. The molecule has 0 atom stereocenters. The maximum absolute atomic E-state index is 11.8. The van der Waals surface area contributed by atoms with E-state index in [4.69, 9.17) is 0 Å². The third kappa shape index (κ3) is 3.95. The Balaban J connectivity index is 0.00000200. The molecular formula is C14H20ClN3O2. The molecule has 0 spiro atoms. The lowest BCUT2D eigenvalue weighted by Crippen LogP contribution is -2.30. The van der Waals surface area contributed by atoms with E-state index in [1.165, 1.54) is 0 Å². The van der Waals surface area contributed by atoms with Crippen LogP contribution in [0.2, 0.25) is 0 Å². The van der Waals surface area contributed by atoms with Crippen molar-refractivity contribution in [2.45, 2.75) is 12.8 Å². The Morgan fingerprint density at radius 3 is 2.50 bits per heavy atom. The molecule has 2 N–H and O–H groups in total. The van der Waals surface area contributed by atoms with Crippen molar-refractivity contribution >= 4 is 29.9 Å². The Hall–Kier alpha value is -1.59. The maximum Gasteiger partial charge on any atom is 0.251 e. The molecule has 20 heavy (non-hydrogen) atoms. The molecule has 0 saturated carbocycles. The Morgan fingerprint density at radius 1 is 1.25 bits per heavy atom. The van der Waals surface area contributed by atoms with E-state index in [1.807, 2.05) is 19.2 Å². The Kier molecular flexibility index (Phi) is 6.48. The highest BCUT2D eigenvalue weighted by Gasteiger charge is 2.21. The van der Waals surface area contributed by atoms with Gasteiger partial charge in [-0.3, -0.25) is 9.59 Å². The number of hydrogen-bond donors (Lipinski definition) is 2. The number of carbonyl (C=O) groups excluding carboxylic acids is 2. The summed E-state index contributed by atoms with van der Waals surface area (Å²) in [5.41, 5.74) is 1.49. The normalized spacial score (nSPS) is 14.1. The lowest BCUT2D eigenvalue weighted by molar-refractivity contribution is -0.117. The minimum Gasteiger partial charge on any atom is -0.351 e. The summed E-state index contributed by atoms with van der Waals surface area (Å²) in [6, 6.07) is 7.18. The van der Waals surface area contributed by atoms with Crippen LogP contribution in [0.4, 0.5) is 5.69 Å². The van der Waals surface area contributed by atoms with Gasteiger partial charge >= 0.3 is 0 Å². The number of hydrogen-bond acceptors (Lipinski definition) is 3. The van der Waals surface area contributed by atoms with Gasteiger partial charge in [0.25, 0.3) is 5.91 Å². The standard InChI is InChI=1S/C14H19N3O2.ClH/c1-15-8-9-16-14(19)11-4-6-12(7-5-11)17-10-2-3-13(17)18;/h4-7,15H,2-3,8-10H2,1H3,(H,16,19);1H. The molecule has 0 bridgehead atoms. The number of carbonyl (C=O) groups is 2. The van der Waals surface area contributed by atoms with Crippen LogP contribution in [0.3, 0.4) is 0 Å². The first kappa shape index (κ1) is 16.5. The minimum absolute atomic E-state index is 0. The van der Waals surface area contributed by atoms with Crippen LogP contribution in [0.1, 0.15) is 23.2 Å². The van der Waals surface area contributed by atoms with Crippen molar-refractivity contribution in [2.24, 2.45) is 0 Å². The number of amides is 2. The molecule has 1 saturated heterocycles. The summed E-state index contributed by atoms with van der Waals surface area (Å²) in [5.74, 6) is 0.0702. The van der Waals surface area contributed by atoms with Crippen LogP contribution in [0.15, 0.2) is 24.3 Å². The van der Waals surface area contributed by atoms with Gasteiger partial charge in [-0.15, -0.1) is 12.4 Å². The van der Waals surface area contributed by atoms with Crippen molar-refractivity contribution in [2.75, 3.05) is 31.6 Å². The fraction of sp³-hybridized carbons (Fsp3) is 0.429. The van der Waals surface area contributed by atoms with E-state index in [9.17, 15) is 9.59 Å². The first-order valence-electron chi connectivity index (χ1n) is 6.55. The van der Waals surface area contributed by atoms with Crippen LogP contribution in [0.5, 0.6) is 0 Å². The average molecular weight is 298 g/mol. The highest BCUT2D eigenvalue weighted by Crippen LogP contribution is 2.21. The molecule has 0 unspecified atom stereocenters. The van der Waals surface area contributed by atoms with Gasteiger partial charge in [-0.1, -0.05) is 0 Å². The molecule has 1 aliphatic heterocycles. The van der Waals surface area contributed by atoms with Crippen LogP contribution in [0, 0.1) is 0 Å². The zero-order chi connectivity index (χ0) is 13.7. The molecule has 5 nitrogen and oxygen atoms in total. The van der Waals surface area contributed by atoms with Gasteiger partial charge in [0.15, 0.2) is 0 Å². The van der Waals surface area contributed by atoms with Gasteiger partial charge in [-0.05, 0) is 37.7 Å². The van der Waals surface area contributed by atoms with E-state index in [0.717, 1.165) is 25.2 Å². The molecule has 1 aromatic carbocycles. The summed E-state index contributed by atoms with van der Waals surface area (Å²) < 4.78 is 0. The Morgan fingerprint density at radius 2 is 1.95 bits per heavy atom. The number of halogens is 1. The highest BCUT2D eigenvalue weighted by molar-refractivity contribution is 5.97. The van der Waals surface area contributed by atoms with Crippen LogP contribution in [0.25, 0.3) is 0 Å². The summed E-state index contributed by atoms with van der Waals surface area (Å²) in [5, 5.41) is 5.78. The topological polar surface area (TPSA) is 61.4 Å². The smallest absolute Gasteiger partial charge is 0.251 e. The van der Waals surface area contributed by atoms with Crippen molar-refractivity contribution in [1.82, 2.24) is 10.6 Å². The summed E-state index contributed by atoms with van der Waals surface area (Å²) in [7, 11) is 1.84. The molecule has 0 aliphatic carbocycles. The van der Waals surface area contributed by atoms with E-state index in [1.54, 1.807) is 17.0 Å². The van der Waals surface area contributed by atoms with Crippen molar-refractivity contribution in [3.63, 3.8) is 0 Å². The van der Waals surface area contributed by atoms with Crippen molar-refractivity contribution in [1.29, 1.82) is 0 Å². The maximum atomic E-state index is 11.8. The van der Waals surface area contributed by atoms with Crippen LogP contribution in [-0.2, 0) is 4.79 Å². The van der Waals surface area contributed by atoms with E-state index in [-0.39, 0.29) is 24.2 Å². The third-order valence-corrected chi connectivity index (χ3v) is 3.18. The average Bonchev–Trinajstić information content (AvgIpc) is 2.85. The van der Waals surface area contributed by atoms with Crippen LogP contribution < -0.4 is 15.5 Å². The highest BCUT2D eigenvalue weighted by atomic mass is 35.5. The number of nitrogens with zero attached hydrogens (tertiary/aromatic N) is 1. The fourth-order valence-electron chi connectivity index (χ4n) is 2.12. The number of rotatable bonds is 5. The summed E-state index contributed by atoms with van der Waals surface area (Å²) in [6.45, 7) is 2.11. The SMILES string of the molecule is CNCCNC(=O)c1ccc(N2CCCC2=O)cc1.Cl. The zero-order valence-electron chi connectivity index (χ0n) is 11.5. The predicted octanol–water partition coefficient (Wildman–Crippen LogP) is 1.18. The first-order valence-corrected chi connectivity index (χ1v) is 6.55. The monoisotopic (exact) mass is 297 g/mol. The molecule has 1 fully saturated rings. The molecular weight excluding hydrogens is 278 g/mol. The van der Waals surface area contributed by atoms with Crippen molar-refractivity contribution < 1.29 is 9.59 Å². The van der Waals surface area contributed by atoms with E-state index < -0.39 is 0 Å². The minimum atomic E-state index is -0.0884. The zero-order valence-corrected chi connectivity index (χ0v) is 12.3. The van der Waals surface area contributed by atoms with Gasteiger partial charge in [0.1, 0.15) is 0 Å². The molecule has 110 valence electrons. The first-order chi connectivity index (χ1) is 9.22. The van der Waals surface area contributed by atoms with E-state index in [0.29, 0.717) is 18.5 Å². The number of benzene rings is 1. The van der Waals surface area contributed by atoms with Gasteiger partial charge in [0, 0.05) is 37.3 Å². The summed E-state index contributed by atoms with van der Waals surface area (Å²) >= 11 is 0. The molecule has 2 rings (SSSR count). The van der Waals surface area contributed by atoms with Gasteiger partial charge in [0.05, 0.1) is 0 Å². The fourth-order valence-corrected chi connectivity index (χ4v) is 2.12. The Bertz CT molecular complexity index is 462. The summed E-state index contributed by atoms with van der Waals surface area (Å²) in [4.78, 5) is 25.2. The van der Waals surface area contributed by atoms with Crippen LogP contribution >= 0.6 is 12.4 Å². The largest absolute Gasteiger partial charge is 0.351 e. The second-order valence-corrected chi connectivity index (χ2v) is 4.56. The van der Waals surface area contributed by atoms with Gasteiger partial charge < -0.3 is 15.5 Å². The lowest BCUT2D eigenvalue weighted by atomic mass is 10.2. The van der Waals surface area contributed by atoms with Gasteiger partial charge in [-0.2, -0.15) is 0 Å². The van der Waals surface area contributed by atoms with Crippen LogP contribution in [-0.4, -0.2) is 38.5 Å². The van der Waals surface area contributed by atoms with Gasteiger partial charge in [-0.25, -0.2) is 0 Å². The van der Waals surface area contributed by atoms with E-state index >= 15 is 0 Å². The van der Waals surface area contributed by atoms with Crippen molar-refractivity contribution in [3.05, 3.63) is 29.8 Å². The van der Waals surface area contributed by atoms with Crippen molar-refractivity contribution in [3.8, 4) is 0 Å². The Labute approximate surface area is 125 Å². The second-order valence-electron chi connectivity index (χ2n) is 4.56. The molecule has 6 heteroatoms. The summed E-state index contributed by atoms with van der Waals surface area (Å²) in [6.07, 6.45) is 1.53. The number of likely N-dealkylation sites (N-methyl/N-ethyl adjacent to an activating group) is 1. The molecule has 0 aromatic heterocycles. The van der Waals surface area contributed by atoms with E-state index in [2.05, 4.69) is 10.6 Å². The third-order valence-electron chi connectivity index (χ3n) is 3.18. The number of nitrogens with one attached hydrogen (secondary N) is 2. The second kappa shape index (κ2) is 7.87. The molecule has 1 aromatic rings. The lowest BCUT2D eigenvalue weighted by Gasteiger charge is -2.15. The number of anilines is 1. The molecule has 1 heterocycles. The molecule has 0 radical (unpaired) electrons. The molecule has 1 aliphatic rings.